The number of aromatic nitrogens is 2. The van der Waals surface area contributed by atoms with Crippen molar-refractivity contribution in [3.05, 3.63) is 40.5 Å². The van der Waals surface area contributed by atoms with E-state index in [9.17, 15) is 32.3 Å². The number of likely N-dealkylation sites (N-methyl/N-ethyl adjacent to an activating group) is 1. The average molecular weight is 654 g/mol. The van der Waals surface area contributed by atoms with Crippen LogP contribution < -0.4 is 11.1 Å². The number of anilines is 1. The number of amides is 1. The van der Waals surface area contributed by atoms with Gasteiger partial charge in [0.2, 0.25) is 0 Å². The summed E-state index contributed by atoms with van der Waals surface area (Å²) in [5.74, 6) is -3.86. The largest absolute Gasteiger partial charge is 0.462 e. The van der Waals surface area contributed by atoms with E-state index < -0.39 is 70.1 Å². The van der Waals surface area contributed by atoms with Gasteiger partial charge < -0.3 is 25.4 Å². The van der Waals surface area contributed by atoms with Crippen LogP contribution in [0.3, 0.4) is 0 Å². The van der Waals surface area contributed by atoms with Crippen molar-refractivity contribution < 1.29 is 46.2 Å². The molecule has 0 radical (unpaired) electrons. The Kier molecular flexibility index (Phi) is 10.1. The number of nitrogens with one attached hydrogen (secondary N) is 1. The van der Waals surface area contributed by atoms with Gasteiger partial charge in [0.15, 0.2) is 11.5 Å². The number of ketones is 1. The molecule has 1 saturated carbocycles. The van der Waals surface area contributed by atoms with Gasteiger partial charge in [-0.05, 0) is 57.7 Å². The van der Waals surface area contributed by atoms with Crippen LogP contribution >= 0.6 is 0 Å². The van der Waals surface area contributed by atoms with E-state index in [1.54, 1.807) is 32.8 Å². The fourth-order valence-electron chi connectivity index (χ4n) is 6.19. The summed E-state index contributed by atoms with van der Waals surface area (Å²) in [6.45, 7) is 5.10. The smallest absolute Gasteiger partial charge is 0.435 e. The number of benzene rings is 1. The molecule has 1 aromatic heterocycles. The molecule has 1 aromatic carbocycles. The normalized spacial score (nSPS) is 20.2. The fourth-order valence-corrected chi connectivity index (χ4v) is 6.19. The van der Waals surface area contributed by atoms with E-state index in [0.717, 1.165) is 10.7 Å². The summed E-state index contributed by atoms with van der Waals surface area (Å²) >= 11 is 0. The number of carbonyl (C=O) groups excluding carboxylic acids is 4. The Morgan fingerprint density at radius 1 is 1.15 bits per heavy atom. The minimum atomic E-state index is -4.92. The maximum absolute atomic E-state index is 15.4. The summed E-state index contributed by atoms with van der Waals surface area (Å²) in [5, 5.41) is 6.82. The molecule has 1 atom stereocenters. The molecule has 15 heteroatoms. The number of primary amides is 1. The second kappa shape index (κ2) is 13.4. The van der Waals surface area contributed by atoms with Crippen molar-refractivity contribution in [2.24, 2.45) is 11.1 Å². The summed E-state index contributed by atoms with van der Waals surface area (Å²) in [6.07, 6.45) is -4.37. The first-order valence-corrected chi connectivity index (χ1v) is 15.0. The average Bonchev–Trinajstić information content (AvgIpc) is 3.28. The van der Waals surface area contributed by atoms with Gasteiger partial charge in [-0.3, -0.25) is 19.2 Å². The molecule has 1 heterocycles. The van der Waals surface area contributed by atoms with Gasteiger partial charge in [0.25, 0.3) is 5.91 Å². The number of rotatable bonds is 10. The Morgan fingerprint density at radius 2 is 1.80 bits per heavy atom. The predicted octanol–water partition coefficient (Wildman–Crippen LogP) is 4.43. The lowest BCUT2D eigenvalue weighted by atomic mass is 9.75. The van der Waals surface area contributed by atoms with Gasteiger partial charge in [-0.25, -0.2) is 9.07 Å². The third kappa shape index (κ3) is 8.22. The van der Waals surface area contributed by atoms with E-state index in [1.807, 2.05) is 0 Å². The molecule has 0 spiro atoms. The standard InChI is InChI=1S/C31H39F4N5O6/c1-16(41)45-20(15-39(4)5)12-25(43)46-19-8-6-17(7-9-19)37-22-11-18(10-21(32)26(22)29(36)44)40-23-13-30(2,3)14-24(42)27(23)28(38-40)31(33,34)35/h10-11,17,19-20,37H,6-9,12-15H2,1-5H3,(H2,36,44). The molecule has 1 fully saturated rings. The van der Waals surface area contributed by atoms with Gasteiger partial charge in [0.1, 0.15) is 18.0 Å². The third-order valence-electron chi connectivity index (χ3n) is 8.01. The zero-order valence-corrected chi connectivity index (χ0v) is 26.4. The van der Waals surface area contributed by atoms with Crippen LogP contribution in [-0.4, -0.2) is 77.2 Å². The van der Waals surface area contributed by atoms with E-state index >= 15 is 4.39 Å². The minimum absolute atomic E-state index is 0.00889. The van der Waals surface area contributed by atoms with Crippen LogP contribution in [0.1, 0.15) is 91.4 Å². The van der Waals surface area contributed by atoms with Gasteiger partial charge in [-0.2, -0.15) is 18.3 Å². The Bertz CT molecular complexity index is 1510. The topological polar surface area (TPSA) is 146 Å². The van der Waals surface area contributed by atoms with E-state index in [0.29, 0.717) is 32.2 Å². The maximum Gasteiger partial charge on any atom is 0.435 e. The summed E-state index contributed by atoms with van der Waals surface area (Å²) in [5.41, 5.74) is 2.35. The van der Waals surface area contributed by atoms with Crippen LogP contribution in [0.4, 0.5) is 23.2 Å². The van der Waals surface area contributed by atoms with Crippen LogP contribution in [0.15, 0.2) is 12.1 Å². The molecule has 11 nitrogen and oxygen atoms in total. The highest BCUT2D eigenvalue weighted by Gasteiger charge is 2.45. The lowest BCUT2D eigenvalue weighted by Crippen LogP contribution is -2.35. The van der Waals surface area contributed by atoms with Crippen molar-refractivity contribution in [3.8, 4) is 5.69 Å². The molecular weight excluding hydrogens is 614 g/mol. The molecule has 0 bridgehead atoms. The van der Waals surface area contributed by atoms with E-state index in [1.165, 1.54) is 13.0 Å². The molecule has 252 valence electrons. The van der Waals surface area contributed by atoms with Crippen molar-refractivity contribution in [1.29, 1.82) is 0 Å². The van der Waals surface area contributed by atoms with E-state index in [2.05, 4.69) is 10.4 Å². The molecule has 0 aliphatic heterocycles. The van der Waals surface area contributed by atoms with Crippen LogP contribution in [0.2, 0.25) is 0 Å². The van der Waals surface area contributed by atoms with Gasteiger partial charge in [-0.1, -0.05) is 13.8 Å². The lowest BCUT2D eigenvalue weighted by Gasteiger charge is -2.31. The van der Waals surface area contributed by atoms with Crippen molar-refractivity contribution in [2.45, 2.75) is 90.1 Å². The van der Waals surface area contributed by atoms with E-state index in [4.69, 9.17) is 15.2 Å². The first kappa shape index (κ1) is 34.9. The summed E-state index contributed by atoms with van der Waals surface area (Å²) < 4.78 is 69.0. The second-order valence-electron chi connectivity index (χ2n) is 13.0. The van der Waals surface area contributed by atoms with Gasteiger partial charge >= 0.3 is 18.1 Å². The number of carbonyl (C=O) groups is 4. The molecule has 2 aromatic rings. The number of halogens is 4. The first-order chi connectivity index (χ1) is 21.3. The van der Waals surface area contributed by atoms with Crippen molar-refractivity contribution >= 4 is 29.3 Å². The fraction of sp³-hybridized carbons (Fsp3) is 0.581. The number of alkyl halides is 3. The summed E-state index contributed by atoms with van der Waals surface area (Å²) in [7, 11) is 3.57. The number of Topliss-reactive ketones (excluding diaryl/α,β-unsaturated/α-hetero) is 1. The highest BCUT2D eigenvalue weighted by atomic mass is 19.4. The highest BCUT2D eigenvalue weighted by molar-refractivity contribution is 6.01. The number of nitrogens with zero attached hydrogens (tertiary/aromatic N) is 3. The van der Waals surface area contributed by atoms with Crippen molar-refractivity contribution in [1.82, 2.24) is 14.7 Å². The van der Waals surface area contributed by atoms with Crippen molar-refractivity contribution in [3.63, 3.8) is 0 Å². The van der Waals surface area contributed by atoms with E-state index in [-0.39, 0.29) is 42.4 Å². The van der Waals surface area contributed by atoms with Gasteiger partial charge in [0, 0.05) is 32.0 Å². The summed E-state index contributed by atoms with van der Waals surface area (Å²) in [4.78, 5) is 50.9. The molecule has 46 heavy (non-hydrogen) atoms. The van der Waals surface area contributed by atoms with Crippen LogP contribution in [0.25, 0.3) is 5.69 Å². The number of nitrogens with two attached hydrogens (primary N) is 1. The number of fused-ring (bicyclic) bond motifs is 1. The Hall–Kier alpha value is -4.01. The lowest BCUT2D eigenvalue weighted by molar-refractivity contribution is -0.158. The third-order valence-corrected chi connectivity index (χ3v) is 8.01. The Labute approximate surface area is 263 Å². The first-order valence-electron chi connectivity index (χ1n) is 15.0. The molecule has 2 aliphatic carbocycles. The van der Waals surface area contributed by atoms with Crippen LogP contribution in [-0.2, 0) is 31.7 Å². The SMILES string of the molecule is CC(=O)OC(CC(=O)OC1CCC(Nc2cc(-n3nc(C(F)(F)F)c4c3CC(C)(C)CC4=O)cc(F)c2C(N)=O)CC1)CN(C)C. The molecular formula is C31H39F4N5O6. The second-order valence-corrected chi connectivity index (χ2v) is 13.0. The molecule has 1 unspecified atom stereocenters. The predicted molar refractivity (Wildman–Crippen MR) is 158 cm³/mol. The molecule has 2 aliphatic rings. The summed E-state index contributed by atoms with van der Waals surface area (Å²) in [6, 6.07) is 1.86. The minimum Gasteiger partial charge on any atom is -0.462 e. The van der Waals surface area contributed by atoms with Crippen LogP contribution in [0, 0.1) is 11.2 Å². The number of hydrogen-bond acceptors (Lipinski definition) is 9. The molecule has 0 saturated heterocycles. The Balaban J connectivity index is 1.54. The Morgan fingerprint density at radius 3 is 2.37 bits per heavy atom. The van der Waals surface area contributed by atoms with Crippen molar-refractivity contribution in [2.75, 3.05) is 26.0 Å². The molecule has 1 amide bonds. The quantitative estimate of drug-likeness (QED) is 0.281. The molecule has 4 rings (SSSR count). The maximum atomic E-state index is 15.4. The highest BCUT2D eigenvalue weighted by Crippen LogP contribution is 2.42. The zero-order chi connectivity index (χ0) is 34.1. The number of esters is 2. The molecule has 3 N–H and O–H groups in total. The van der Waals surface area contributed by atoms with Crippen LogP contribution in [0.5, 0.6) is 0 Å². The number of ether oxygens (including phenoxy) is 2. The number of hydrogen-bond donors (Lipinski definition) is 2. The van der Waals surface area contributed by atoms with Gasteiger partial charge in [-0.15, -0.1) is 0 Å². The zero-order valence-electron chi connectivity index (χ0n) is 26.4. The monoisotopic (exact) mass is 653 g/mol. The van der Waals surface area contributed by atoms with Gasteiger partial charge in [0.05, 0.1) is 34.6 Å².